The Morgan fingerprint density at radius 1 is 1.44 bits per heavy atom. The van der Waals surface area contributed by atoms with E-state index in [-0.39, 0.29) is 5.91 Å². The Morgan fingerprint density at radius 2 is 2.19 bits per heavy atom. The first kappa shape index (κ1) is 12.5. The molecule has 1 amide bonds. The van der Waals surface area contributed by atoms with Gasteiger partial charge in [0.15, 0.2) is 0 Å². The number of aryl methyl sites for hydroxylation is 1. The molecule has 0 bridgehead atoms. The van der Waals surface area contributed by atoms with Crippen molar-refractivity contribution in [2.24, 2.45) is 0 Å². The molecule has 0 saturated carbocycles. The maximum absolute atomic E-state index is 11.3. The van der Waals surface area contributed by atoms with Crippen LogP contribution in [0.2, 0.25) is 0 Å². The Morgan fingerprint density at radius 3 is 2.81 bits per heavy atom. The normalized spacial score (nSPS) is 9.94. The number of hydrogen-bond acceptors (Lipinski definition) is 3. The molecule has 1 rings (SSSR count). The number of carbonyl (C=O) groups excluding carboxylic acids is 1. The van der Waals surface area contributed by atoms with E-state index in [4.69, 9.17) is 4.74 Å². The maximum atomic E-state index is 11.3. The molecule has 0 spiro atoms. The van der Waals surface area contributed by atoms with Crippen LogP contribution in [0.15, 0.2) is 18.2 Å². The first-order chi connectivity index (χ1) is 7.67. The van der Waals surface area contributed by atoms with Crippen molar-refractivity contribution in [3.8, 4) is 5.75 Å². The highest BCUT2D eigenvalue weighted by atomic mass is 16.5. The van der Waals surface area contributed by atoms with Gasteiger partial charge in [0.25, 0.3) is 0 Å². The van der Waals surface area contributed by atoms with E-state index >= 15 is 0 Å². The number of benzene rings is 1. The van der Waals surface area contributed by atoms with Crippen molar-refractivity contribution in [3.63, 3.8) is 0 Å². The van der Waals surface area contributed by atoms with Gasteiger partial charge in [-0.05, 0) is 20.0 Å². The summed E-state index contributed by atoms with van der Waals surface area (Å²) in [6, 6.07) is 5.91. The summed E-state index contributed by atoms with van der Waals surface area (Å²) in [6.07, 6.45) is 0. The van der Waals surface area contributed by atoms with Crippen LogP contribution in [0.4, 0.5) is 0 Å². The molecule has 88 valence electrons. The van der Waals surface area contributed by atoms with E-state index in [0.29, 0.717) is 13.1 Å². The lowest BCUT2D eigenvalue weighted by Gasteiger charge is -2.10. The second-order valence-corrected chi connectivity index (χ2v) is 3.62. The van der Waals surface area contributed by atoms with Crippen LogP contribution < -0.4 is 15.4 Å². The van der Waals surface area contributed by atoms with Crippen molar-refractivity contribution in [2.45, 2.75) is 13.5 Å². The quantitative estimate of drug-likeness (QED) is 0.776. The first-order valence-electron chi connectivity index (χ1n) is 5.22. The van der Waals surface area contributed by atoms with Gasteiger partial charge in [0.2, 0.25) is 5.91 Å². The van der Waals surface area contributed by atoms with Crippen molar-refractivity contribution in [3.05, 3.63) is 29.3 Å². The second-order valence-electron chi connectivity index (χ2n) is 3.62. The number of hydrogen-bond donors (Lipinski definition) is 2. The summed E-state index contributed by atoms with van der Waals surface area (Å²) in [5.74, 6) is 0.779. The molecule has 0 aliphatic heterocycles. The Kier molecular flexibility index (Phi) is 4.79. The molecule has 0 fully saturated rings. The van der Waals surface area contributed by atoms with Crippen LogP contribution in [0.3, 0.4) is 0 Å². The number of ether oxygens (including phenoxy) is 1. The standard InChI is InChI=1S/C12H18N2O2/c1-9-4-5-11(16-3)10(6-9)7-14-12(15)8-13-2/h4-6,13H,7-8H2,1-3H3,(H,14,15). The fourth-order valence-corrected chi connectivity index (χ4v) is 1.46. The van der Waals surface area contributed by atoms with Crippen molar-refractivity contribution in [2.75, 3.05) is 20.7 Å². The number of carbonyl (C=O) groups is 1. The van der Waals surface area contributed by atoms with Gasteiger partial charge in [-0.1, -0.05) is 17.7 Å². The Hall–Kier alpha value is -1.55. The van der Waals surface area contributed by atoms with Gasteiger partial charge in [0.1, 0.15) is 5.75 Å². The van der Waals surface area contributed by atoms with Gasteiger partial charge in [0.05, 0.1) is 13.7 Å². The number of methoxy groups -OCH3 is 1. The number of amides is 1. The van der Waals surface area contributed by atoms with Crippen LogP contribution in [-0.2, 0) is 11.3 Å². The summed E-state index contributed by atoms with van der Waals surface area (Å²) in [6.45, 7) is 2.83. The average molecular weight is 222 g/mol. The van der Waals surface area contributed by atoms with Crippen LogP contribution in [-0.4, -0.2) is 26.6 Å². The molecular formula is C12H18N2O2. The SMILES string of the molecule is CNCC(=O)NCc1cc(C)ccc1OC. The van der Waals surface area contributed by atoms with Crippen LogP contribution in [0.1, 0.15) is 11.1 Å². The molecule has 0 heterocycles. The molecule has 0 atom stereocenters. The molecule has 0 aliphatic carbocycles. The number of nitrogens with one attached hydrogen (secondary N) is 2. The van der Waals surface area contributed by atoms with Gasteiger partial charge >= 0.3 is 0 Å². The van der Waals surface area contributed by atoms with Crippen LogP contribution in [0, 0.1) is 6.92 Å². The second kappa shape index (κ2) is 6.12. The van der Waals surface area contributed by atoms with Crippen molar-refractivity contribution < 1.29 is 9.53 Å². The fourth-order valence-electron chi connectivity index (χ4n) is 1.46. The summed E-state index contributed by atoms with van der Waals surface area (Å²) in [4.78, 5) is 11.3. The lowest BCUT2D eigenvalue weighted by molar-refractivity contribution is -0.120. The number of likely N-dealkylation sites (N-methyl/N-ethyl adjacent to an activating group) is 1. The van der Waals surface area contributed by atoms with Crippen molar-refractivity contribution >= 4 is 5.91 Å². The van der Waals surface area contributed by atoms with E-state index in [1.54, 1.807) is 14.2 Å². The minimum absolute atomic E-state index is 0.0222. The van der Waals surface area contributed by atoms with Crippen LogP contribution in [0.25, 0.3) is 0 Å². The minimum Gasteiger partial charge on any atom is -0.496 e. The molecule has 0 radical (unpaired) electrons. The lowest BCUT2D eigenvalue weighted by atomic mass is 10.1. The average Bonchev–Trinajstić information content (AvgIpc) is 2.27. The molecule has 1 aromatic carbocycles. The number of rotatable bonds is 5. The predicted molar refractivity (Wildman–Crippen MR) is 63.5 cm³/mol. The van der Waals surface area contributed by atoms with Gasteiger partial charge in [-0.3, -0.25) is 4.79 Å². The van der Waals surface area contributed by atoms with Crippen LogP contribution >= 0.6 is 0 Å². The van der Waals surface area contributed by atoms with Gasteiger partial charge < -0.3 is 15.4 Å². The van der Waals surface area contributed by atoms with E-state index in [2.05, 4.69) is 10.6 Å². The monoisotopic (exact) mass is 222 g/mol. The zero-order chi connectivity index (χ0) is 12.0. The summed E-state index contributed by atoms with van der Waals surface area (Å²) in [7, 11) is 3.37. The first-order valence-corrected chi connectivity index (χ1v) is 5.22. The van der Waals surface area contributed by atoms with Crippen molar-refractivity contribution in [1.82, 2.24) is 10.6 Å². The summed E-state index contributed by atoms with van der Waals surface area (Å²) in [5.41, 5.74) is 2.14. The third kappa shape index (κ3) is 3.55. The fraction of sp³-hybridized carbons (Fsp3) is 0.417. The molecule has 2 N–H and O–H groups in total. The highest BCUT2D eigenvalue weighted by Crippen LogP contribution is 2.19. The molecule has 0 aromatic heterocycles. The largest absolute Gasteiger partial charge is 0.496 e. The molecule has 0 aliphatic rings. The molecule has 0 unspecified atom stereocenters. The molecule has 1 aromatic rings. The van der Waals surface area contributed by atoms with E-state index in [9.17, 15) is 4.79 Å². The highest BCUT2D eigenvalue weighted by Gasteiger charge is 2.05. The molecular weight excluding hydrogens is 204 g/mol. The molecule has 0 saturated heterocycles. The maximum Gasteiger partial charge on any atom is 0.234 e. The topological polar surface area (TPSA) is 50.4 Å². The van der Waals surface area contributed by atoms with E-state index in [1.807, 2.05) is 25.1 Å². The van der Waals surface area contributed by atoms with E-state index < -0.39 is 0 Å². The van der Waals surface area contributed by atoms with Gasteiger partial charge in [-0.15, -0.1) is 0 Å². The zero-order valence-corrected chi connectivity index (χ0v) is 9.96. The van der Waals surface area contributed by atoms with Crippen LogP contribution in [0.5, 0.6) is 5.75 Å². The Labute approximate surface area is 96.0 Å². The minimum atomic E-state index is -0.0222. The molecule has 16 heavy (non-hydrogen) atoms. The van der Waals surface area contributed by atoms with Gasteiger partial charge in [-0.2, -0.15) is 0 Å². The molecule has 4 nitrogen and oxygen atoms in total. The third-order valence-corrected chi connectivity index (χ3v) is 2.25. The van der Waals surface area contributed by atoms with Gasteiger partial charge in [-0.25, -0.2) is 0 Å². The Bertz CT molecular complexity index is 364. The highest BCUT2D eigenvalue weighted by molar-refractivity contribution is 5.78. The molecule has 4 heteroatoms. The van der Waals surface area contributed by atoms with E-state index in [0.717, 1.165) is 16.9 Å². The third-order valence-electron chi connectivity index (χ3n) is 2.25. The van der Waals surface area contributed by atoms with E-state index in [1.165, 1.54) is 0 Å². The van der Waals surface area contributed by atoms with Crippen molar-refractivity contribution in [1.29, 1.82) is 0 Å². The summed E-state index contributed by atoms with van der Waals surface area (Å²) < 4.78 is 5.23. The lowest BCUT2D eigenvalue weighted by Crippen LogP contribution is -2.31. The zero-order valence-electron chi connectivity index (χ0n) is 9.96. The summed E-state index contributed by atoms with van der Waals surface area (Å²) >= 11 is 0. The summed E-state index contributed by atoms with van der Waals surface area (Å²) in [5, 5.41) is 5.62. The smallest absolute Gasteiger partial charge is 0.234 e. The Balaban J connectivity index is 2.65. The predicted octanol–water partition coefficient (Wildman–Crippen LogP) is 0.839. The van der Waals surface area contributed by atoms with Gasteiger partial charge in [0, 0.05) is 12.1 Å².